The molecule has 0 N–H and O–H groups in total. The Labute approximate surface area is 403 Å². The van der Waals surface area contributed by atoms with Gasteiger partial charge in [-0.15, -0.1) is 0 Å². The number of esters is 1. The fourth-order valence-electron chi connectivity index (χ4n) is 7.61. The van der Waals surface area contributed by atoms with Crippen molar-refractivity contribution in [2.75, 3.05) is 54.1 Å². The van der Waals surface area contributed by atoms with Gasteiger partial charge >= 0.3 is 5.97 Å². The van der Waals surface area contributed by atoms with Gasteiger partial charge in [0.05, 0.1) is 34.4 Å². The number of unbranched alkanes of at least 4 members (excludes halogenated alkanes) is 29. The average molecular weight is 936 g/mol. The smallest absolute Gasteiger partial charge is 0.306 e. The summed E-state index contributed by atoms with van der Waals surface area (Å²) in [6, 6.07) is 0. The van der Waals surface area contributed by atoms with Crippen molar-refractivity contribution >= 4 is 13.8 Å². The Morgan fingerprint density at radius 3 is 1.28 bits per heavy atom. The first-order valence-corrected chi connectivity index (χ1v) is 28.8. The predicted molar refractivity (Wildman–Crippen MR) is 277 cm³/mol. The molecule has 0 radical (unpaired) electrons. The van der Waals surface area contributed by atoms with E-state index in [0.717, 1.165) is 44.9 Å². The number of phosphoric acid groups is 1. The summed E-state index contributed by atoms with van der Waals surface area (Å²) in [4.78, 5) is 25.2. The lowest BCUT2D eigenvalue weighted by atomic mass is 10.0. The van der Waals surface area contributed by atoms with Crippen LogP contribution in [-0.4, -0.2) is 70.7 Å². The van der Waals surface area contributed by atoms with Crippen LogP contribution in [0.2, 0.25) is 0 Å². The van der Waals surface area contributed by atoms with E-state index < -0.39 is 13.9 Å². The number of nitrogens with zero attached hydrogens (tertiary/aromatic N) is 1. The summed E-state index contributed by atoms with van der Waals surface area (Å²) >= 11 is 0. The standard InChI is InChI=1S/C56H106NO7P/c1-6-8-10-12-14-16-18-20-22-24-26-28-29-30-31-33-35-37-39-41-43-45-47-49-56(58)64-55(54-63-65(59,60)62-52-50-57(3,4)5)53-61-51-48-46-44-42-40-38-36-34-32-27-25-23-21-19-17-15-13-11-9-7-2/h15,17-18,20-21,23-24,26,55H,6-14,16,19,22,25,27-54H2,1-5H3/b17-15-,20-18-,23-21-,26-24-. The zero-order chi connectivity index (χ0) is 47.6. The molecule has 0 bridgehead atoms. The summed E-state index contributed by atoms with van der Waals surface area (Å²) in [7, 11) is 1.36. The maximum Gasteiger partial charge on any atom is 0.306 e. The molecule has 0 heterocycles. The van der Waals surface area contributed by atoms with E-state index in [9.17, 15) is 14.3 Å². The van der Waals surface area contributed by atoms with Gasteiger partial charge in [0.15, 0.2) is 0 Å². The summed E-state index contributed by atoms with van der Waals surface area (Å²) in [5, 5.41) is 0. The third-order valence-corrected chi connectivity index (χ3v) is 12.8. The molecule has 8 nitrogen and oxygen atoms in total. The fraction of sp³-hybridized carbons (Fsp3) is 0.839. The third kappa shape index (κ3) is 53.3. The van der Waals surface area contributed by atoms with Crippen LogP contribution in [0.25, 0.3) is 0 Å². The van der Waals surface area contributed by atoms with Gasteiger partial charge in [-0.3, -0.25) is 9.36 Å². The van der Waals surface area contributed by atoms with Gasteiger partial charge in [0, 0.05) is 13.0 Å². The van der Waals surface area contributed by atoms with Gasteiger partial charge < -0.3 is 27.9 Å². The molecule has 0 aliphatic rings. The summed E-state index contributed by atoms with van der Waals surface area (Å²) < 4.78 is 34.8. The van der Waals surface area contributed by atoms with Crippen molar-refractivity contribution in [1.29, 1.82) is 0 Å². The fourth-order valence-corrected chi connectivity index (χ4v) is 8.34. The summed E-state index contributed by atoms with van der Waals surface area (Å²) in [6.07, 6.45) is 61.3. The topological polar surface area (TPSA) is 94.1 Å². The first-order chi connectivity index (χ1) is 31.6. The van der Waals surface area contributed by atoms with E-state index in [-0.39, 0.29) is 25.8 Å². The number of hydrogen-bond acceptors (Lipinski definition) is 7. The minimum absolute atomic E-state index is 0.0246. The molecule has 2 unspecified atom stereocenters. The van der Waals surface area contributed by atoms with Crippen LogP contribution in [0.3, 0.4) is 0 Å². The molecular formula is C56H106NO7P. The van der Waals surface area contributed by atoms with Crippen molar-refractivity contribution in [3.05, 3.63) is 48.6 Å². The molecule has 0 aromatic rings. The van der Waals surface area contributed by atoms with E-state index in [1.165, 1.54) is 180 Å². The monoisotopic (exact) mass is 936 g/mol. The molecule has 0 aliphatic carbocycles. The Kier molecular flexibility index (Phi) is 47.7. The van der Waals surface area contributed by atoms with Crippen molar-refractivity contribution in [3.63, 3.8) is 0 Å². The zero-order valence-electron chi connectivity index (χ0n) is 43.4. The van der Waals surface area contributed by atoms with Gasteiger partial charge in [-0.1, -0.05) is 210 Å². The van der Waals surface area contributed by atoms with Crippen molar-refractivity contribution in [3.8, 4) is 0 Å². The molecule has 0 aromatic heterocycles. The van der Waals surface area contributed by atoms with E-state index in [1.807, 2.05) is 21.1 Å². The molecular weight excluding hydrogens is 830 g/mol. The Hall–Kier alpha value is -1.54. The lowest BCUT2D eigenvalue weighted by molar-refractivity contribution is -0.870. The molecule has 0 saturated heterocycles. The maximum atomic E-state index is 12.8. The molecule has 9 heteroatoms. The molecule has 0 spiro atoms. The second-order valence-corrected chi connectivity index (χ2v) is 21.0. The van der Waals surface area contributed by atoms with Gasteiger partial charge in [0.1, 0.15) is 19.3 Å². The second kappa shape index (κ2) is 48.9. The van der Waals surface area contributed by atoms with Crippen LogP contribution in [0, 0.1) is 0 Å². The first-order valence-electron chi connectivity index (χ1n) is 27.4. The number of rotatable bonds is 51. The third-order valence-electron chi connectivity index (χ3n) is 11.9. The maximum absolute atomic E-state index is 12.8. The van der Waals surface area contributed by atoms with Crippen LogP contribution in [0.15, 0.2) is 48.6 Å². The van der Waals surface area contributed by atoms with Crippen LogP contribution < -0.4 is 4.89 Å². The van der Waals surface area contributed by atoms with Crippen LogP contribution in [-0.2, 0) is 27.9 Å². The van der Waals surface area contributed by atoms with Crippen LogP contribution in [0.1, 0.15) is 245 Å². The van der Waals surface area contributed by atoms with Gasteiger partial charge in [-0.2, -0.15) is 0 Å². The quantitative estimate of drug-likeness (QED) is 0.0197. The number of carbonyl (C=O) groups is 1. The summed E-state index contributed by atoms with van der Waals surface area (Å²) in [5.74, 6) is -0.335. The molecule has 382 valence electrons. The second-order valence-electron chi connectivity index (χ2n) is 19.6. The van der Waals surface area contributed by atoms with E-state index in [1.54, 1.807) is 0 Å². The van der Waals surface area contributed by atoms with Gasteiger partial charge in [-0.05, 0) is 77.0 Å². The predicted octanol–water partition coefficient (Wildman–Crippen LogP) is 16.4. The molecule has 0 amide bonds. The number of carbonyl (C=O) groups excluding carboxylic acids is 1. The number of likely N-dealkylation sites (N-methyl/N-ethyl adjacent to an activating group) is 1. The van der Waals surface area contributed by atoms with Crippen LogP contribution in [0.4, 0.5) is 0 Å². The Bertz CT molecular complexity index is 1180. The summed E-state index contributed by atoms with van der Waals surface area (Å²) in [5.41, 5.74) is 0. The van der Waals surface area contributed by atoms with Gasteiger partial charge in [0.2, 0.25) is 0 Å². The molecule has 0 aromatic carbocycles. The van der Waals surface area contributed by atoms with Crippen molar-refractivity contribution in [2.45, 2.75) is 251 Å². The first kappa shape index (κ1) is 63.5. The largest absolute Gasteiger partial charge is 0.756 e. The number of quaternary nitrogens is 1. The van der Waals surface area contributed by atoms with Gasteiger partial charge in [0.25, 0.3) is 7.82 Å². The number of allylic oxidation sites excluding steroid dienone is 8. The lowest BCUT2D eigenvalue weighted by Crippen LogP contribution is -2.37. The number of hydrogen-bond donors (Lipinski definition) is 0. The number of ether oxygens (including phenoxy) is 2. The molecule has 0 rings (SSSR count). The Balaban J connectivity index is 4.11. The highest BCUT2D eigenvalue weighted by molar-refractivity contribution is 7.45. The zero-order valence-corrected chi connectivity index (χ0v) is 44.3. The van der Waals surface area contributed by atoms with Gasteiger partial charge in [-0.25, -0.2) is 0 Å². The minimum atomic E-state index is -4.53. The highest BCUT2D eigenvalue weighted by Crippen LogP contribution is 2.38. The Morgan fingerprint density at radius 1 is 0.477 bits per heavy atom. The molecule has 2 atom stereocenters. The Morgan fingerprint density at radius 2 is 0.846 bits per heavy atom. The van der Waals surface area contributed by atoms with Crippen molar-refractivity contribution in [2.24, 2.45) is 0 Å². The highest BCUT2D eigenvalue weighted by Gasteiger charge is 2.20. The molecule has 0 aliphatic heterocycles. The van der Waals surface area contributed by atoms with E-state index in [2.05, 4.69) is 62.5 Å². The number of phosphoric ester groups is 1. The summed E-state index contributed by atoms with van der Waals surface area (Å²) in [6.45, 7) is 5.40. The van der Waals surface area contributed by atoms with Crippen molar-refractivity contribution < 1.29 is 37.3 Å². The van der Waals surface area contributed by atoms with E-state index in [4.69, 9.17) is 18.5 Å². The molecule has 65 heavy (non-hydrogen) atoms. The normalized spacial score (nSPS) is 13.9. The highest BCUT2D eigenvalue weighted by atomic mass is 31.2. The average Bonchev–Trinajstić information content (AvgIpc) is 3.27. The SMILES string of the molecule is CCCCC/C=C\C/C=C\CCCCCCCCCCCCOCC(COP(=O)([O-])OCC[N+](C)(C)C)OC(=O)CCCCCCCCCCCCC/C=C\C/C=C\CCCCCCC. The molecule has 0 fully saturated rings. The van der Waals surface area contributed by atoms with E-state index >= 15 is 0 Å². The lowest BCUT2D eigenvalue weighted by Gasteiger charge is -2.28. The van der Waals surface area contributed by atoms with Crippen LogP contribution in [0.5, 0.6) is 0 Å². The minimum Gasteiger partial charge on any atom is -0.756 e. The van der Waals surface area contributed by atoms with Crippen molar-refractivity contribution in [1.82, 2.24) is 0 Å². The van der Waals surface area contributed by atoms with E-state index in [0.29, 0.717) is 24.1 Å². The molecule has 0 saturated carbocycles. The van der Waals surface area contributed by atoms with Crippen LogP contribution >= 0.6 is 7.82 Å².